The molecule has 2 amide bonds. The Labute approximate surface area is 174 Å². The molecule has 1 aliphatic rings. The van der Waals surface area contributed by atoms with Gasteiger partial charge >= 0.3 is 0 Å². The number of hydrogen-bond donors (Lipinski definition) is 1. The Morgan fingerprint density at radius 3 is 2.69 bits per heavy atom. The number of fused-ring (bicyclic) bond motifs is 1. The van der Waals surface area contributed by atoms with Crippen LogP contribution in [-0.4, -0.2) is 34.8 Å². The third-order valence-electron chi connectivity index (χ3n) is 5.17. The van der Waals surface area contributed by atoms with Gasteiger partial charge in [-0.05, 0) is 62.4 Å². The molecule has 0 saturated carbocycles. The van der Waals surface area contributed by atoms with Gasteiger partial charge in [-0.25, -0.2) is 4.98 Å². The molecule has 2 heterocycles. The molecule has 29 heavy (non-hydrogen) atoms. The molecule has 1 aliphatic heterocycles. The van der Waals surface area contributed by atoms with Crippen LogP contribution in [-0.2, 0) is 11.2 Å². The van der Waals surface area contributed by atoms with Crippen molar-refractivity contribution in [2.75, 3.05) is 18.4 Å². The average Bonchev–Trinajstić information content (AvgIpc) is 3.40. The monoisotopic (exact) mass is 407 g/mol. The quantitative estimate of drug-likeness (QED) is 0.568. The molecule has 0 atom stereocenters. The Kier molecular flexibility index (Phi) is 6.20. The Hall–Kier alpha value is -2.73. The Morgan fingerprint density at radius 1 is 1.03 bits per heavy atom. The SMILES string of the molecule is O=C(CCCCc1nc2ccccc2s1)Nc1cccc(C(=O)N2CCCC2)c1. The van der Waals surface area contributed by atoms with Gasteiger partial charge in [0.05, 0.1) is 15.2 Å². The first-order chi connectivity index (χ1) is 14.2. The minimum absolute atomic E-state index is 0.0138. The van der Waals surface area contributed by atoms with Crippen LogP contribution in [0.1, 0.15) is 47.5 Å². The number of para-hydroxylation sites is 1. The van der Waals surface area contributed by atoms with E-state index >= 15 is 0 Å². The minimum Gasteiger partial charge on any atom is -0.339 e. The predicted octanol–water partition coefficient (Wildman–Crippen LogP) is 4.88. The van der Waals surface area contributed by atoms with Gasteiger partial charge in [0.15, 0.2) is 0 Å². The van der Waals surface area contributed by atoms with Gasteiger partial charge in [0.1, 0.15) is 0 Å². The molecule has 0 aliphatic carbocycles. The van der Waals surface area contributed by atoms with Crippen LogP contribution in [0.25, 0.3) is 10.2 Å². The van der Waals surface area contributed by atoms with Crippen LogP contribution >= 0.6 is 11.3 Å². The standard InChI is InChI=1S/C23H25N3O2S/c27-21(12-3-4-13-22-25-19-10-1-2-11-20(19)29-22)24-18-9-7-8-17(16-18)23(28)26-14-5-6-15-26/h1-2,7-11,16H,3-6,12-15H2,(H,24,27). The summed E-state index contributed by atoms with van der Waals surface area (Å²) in [5, 5.41) is 4.05. The van der Waals surface area contributed by atoms with Gasteiger partial charge in [-0.2, -0.15) is 0 Å². The van der Waals surface area contributed by atoms with Crippen LogP contribution in [0.2, 0.25) is 0 Å². The first-order valence-corrected chi connectivity index (χ1v) is 11.0. The zero-order valence-electron chi connectivity index (χ0n) is 16.4. The number of nitrogens with one attached hydrogen (secondary N) is 1. The molecule has 2 aromatic carbocycles. The molecule has 3 aromatic rings. The molecule has 0 bridgehead atoms. The van der Waals surface area contributed by atoms with Crippen molar-refractivity contribution < 1.29 is 9.59 Å². The zero-order chi connectivity index (χ0) is 20.1. The number of unbranched alkanes of at least 4 members (excludes halogenated alkanes) is 1. The zero-order valence-corrected chi connectivity index (χ0v) is 17.2. The lowest BCUT2D eigenvalue weighted by atomic mass is 10.1. The van der Waals surface area contributed by atoms with Gasteiger partial charge in [-0.15, -0.1) is 11.3 Å². The normalized spacial score (nSPS) is 13.7. The number of carbonyl (C=O) groups is 2. The molecular formula is C23H25N3O2S. The van der Waals surface area contributed by atoms with Gasteiger partial charge in [0.25, 0.3) is 5.91 Å². The van der Waals surface area contributed by atoms with Crippen LogP contribution in [0.3, 0.4) is 0 Å². The van der Waals surface area contributed by atoms with E-state index in [-0.39, 0.29) is 11.8 Å². The lowest BCUT2D eigenvalue weighted by Gasteiger charge is -2.15. The summed E-state index contributed by atoms with van der Waals surface area (Å²) >= 11 is 1.73. The van der Waals surface area contributed by atoms with Crippen LogP contribution in [0.5, 0.6) is 0 Å². The van der Waals surface area contributed by atoms with Gasteiger partial charge in [0, 0.05) is 30.8 Å². The van der Waals surface area contributed by atoms with E-state index in [2.05, 4.69) is 16.4 Å². The number of thiazole rings is 1. The van der Waals surface area contributed by atoms with Crippen LogP contribution in [0, 0.1) is 0 Å². The summed E-state index contributed by atoms with van der Waals surface area (Å²) in [6.07, 6.45) is 5.24. The highest BCUT2D eigenvalue weighted by molar-refractivity contribution is 7.18. The molecule has 1 aromatic heterocycles. The van der Waals surface area contributed by atoms with E-state index in [1.165, 1.54) is 4.70 Å². The number of rotatable bonds is 7. The summed E-state index contributed by atoms with van der Waals surface area (Å²) in [4.78, 5) is 31.3. The number of likely N-dealkylation sites (tertiary alicyclic amines) is 1. The lowest BCUT2D eigenvalue weighted by Crippen LogP contribution is -2.27. The highest BCUT2D eigenvalue weighted by Crippen LogP contribution is 2.23. The van der Waals surface area contributed by atoms with Crippen LogP contribution in [0.4, 0.5) is 5.69 Å². The first-order valence-electron chi connectivity index (χ1n) is 10.2. The summed E-state index contributed by atoms with van der Waals surface area (Å²) in [7, 11) is 0. The molecular weight excluding hydrogens is 382 g/mol. The smallest absolute Gasteiger partial charge is 0.253 e. The van der Waals surface area contributed by atoms with Crippen molar-refractivity contribution in [1.82, 2.24) is 9.88 Å². The maximum atomic E-state index is 12.5. The van der Waals surface area contributed by atoms with Crippen molar-refractivity contribution >= 4 is 39.1 Å². The molecule has 0 radical (unpaired) electrons. The number of hydrogen-bond acceptors (Lipinski definition) is 4. The Balaban J connectivity index is 1.24. The molecule has 0 unspecified atom stereocenters. The van der Waals surface area contributed by atoms with Crippen LogP contribution in [0.15, 0.2) is 48.5 Å². The van der Waals surface area contributed by atoms with E-state index in [1.807, 2.05) is 41.3 Å². The first kappa shape index (κ1) is 19.6. The number of anilines is 1. The number of carbonyl (C=O) groups excluding carboxylic acids is 2. The maximum absolute atomic E-state index is 12.5. The molecule has 4 rings (SSSR count). The van der Waals surface area contributed by atoms with Crippen molar-refractivity contribution in [3.05, 3.63) is 59.1 Å². The number of aryl methyl sites for hydroxylation is 1. The second kappa shape index (κ2) is 9.18. The van der Waals surface area contributed by atoms with E-state index in [0.717, 1.165) is 55.7 Å². The summed E-state index contributed by atoms with van der Waals surface area (Å²) in [5.41, 5.74) is 2.38. The van der Waals surface area contributed by atoms with E-state index in [1.54, 1.807) is 17.4 Å². The predicted molar refractivity (Wildman–Crippen MR) is 117 cm³/mol. The second-order valence-corrected chi connectivity index (χ2v) is 8.53. The Bertz CT molecular complexity index is 975. The summed E-state index contributed by atoms with van der Waals surface area (Å²) < 4.78 is 1.21. The fourth-order valence-electron chi connectivity index (χ4n) is 3.64. The number of aromatic nitrogens is 1. The van der Waals surface area contributed by atoms with E-state index < -0.39 is 0 Å². The molecule has 1 saturated heterocycles. The third kappa shape index (κ3) is 5.01. The van der Waals surface area contributed by atoms with Crippen molar-refractivity contribution in [2.24, 2.45) is 0 Å². The summed E-state index contributed by atoms with van der Waals surface area (Å²) in [6, 6.07) is 15.4. The van der Waals surface area contributed by atoms with Crippen molar-refractivity contribution in [1.29, 1.82) is 0 Å². The molecule has 0 spiro atoms. The number of amides is 2. The highest BCUT2D eigenvalue weighted by Gasteiger charge is 2.19. The van der Waals surface area contributed by atoms with E-state index in [4.69, 9.17) is 0 Å². The Morgan fingerprint density at radius 2 is 1.86 bits per heavy atom. The van der Waals surface area contributed by atoms with E-state index in [9.17, 15) is 9.59 Å². The van der Waals surface area contributed by atoms with Crippen LogP contribution < -0.4 is 5.32 Å². The molecule has 1 N–H and O–H groups in total. The summed E-state index contributed by atoms with van der Waals surface area (Å²) in [5.74, 6) is 0.0366. The topological polar surface area (TPSA) is 62.3 Å². The molecule has 5 nitrogen and oxygen atoms in total. The lowest BCUT2D eigenvalue weighted by molar-refractivity contribution is -0.116. The van der Waals surface area contributed by atoms with Crippen molar-refractivity contribution in [2.45, 2.75) is 38.5 Å². The maximum Gasteiger partial charge on any atom is 0.253 e. The molecule has 1 fully saturated rings. The fourth-order valence-corrected chi connectivity index (χ4v) is 4.65. The average molecular weight is 408 g/mol. The molecule has 6 heteroatoms. The van der Waals surface area contributed by atoms with Gasteiger partial charge in [-0.3, -0.25) is 9.59 Å². The number of benzene rings is 2. The minimum atomic E-state index is -0.0138. The highest BCUT2D eigenvalue weighted by atomic mass is 32.1. The summed E-state index contributed by atoms with van der Waals surface area (Å²) in [6.45, 7) is 1.65. The molecule has 150 valence electrons. The second-order valence-electron chi connectivity index (χ2n) is 7.41. The van der Waals surface area contributed by atoms with Crippen molar-refractivity contribution in [3.63, 3.8) is 0 Å². The number of nitrogens with zero attached hydrogens (tertiary/aromatic N) is 2. The van der Waals surface area contributed by atoms with Gasteiger partial charge in [-0.1, -0.05) is 18.2 Å². The van der Waals surface area contributed by atoms with E-state index in [0.29, 0.717) is 17.7 Å². The largest absolute Gasteiger partial charge is 0.339 e. The third-order valence-corrected chi connectivity index (χ3v) is 6.27. The fraction of sp³-hybridized carbons (Fsp3) is 0.348. The van der Waals surface area contributed by atoms with Gasteiger partial charge < -0.3 is 10.2 Å². The van der Waals surface area contributed by atoms with Gasteiger partial charge in [0.2, 0.25) is 5.91 Å². The van der Waals surface area contributed by atoms with Crippen molar-refractivity contribution in [3.8, 4) is 0 Å².